The van der Waals surface area contributed by atoms with Gasteiger partial charge in [-0.2, -0.15) is 0 Å². The summed E-state index contributed by atoms with van der Waals surface area (Å²) in [4.78, 5) is 0. The third-order valence-corrected chi connectivity index (χ3v) is 3.37. The van der Waals surface area contributed by atoms with Crippen LogP contribution in [0.2, 0.25) is 0 Å². The fraction of sp³-hybridized carbons (Fsp3) is 0.867. The fourth-order valence-corrected chi connectivity index (χ4v) is 2.40. The van der Waals surface area contributed by atoms with Gasteiger partial charge >= 0.3 is 0 Å². The molecule has 0 aromatic rings. The lowest BCUT2D eigenvalue weighted by Crippen LogP contribution is -2.30. The summed E-state index contributed by atoms with van der Waals surface area (Å²) >= 11 is 0. The number of allylic oxidation sites excluding steroid dienone is 1. The Balaban J connectivity index is 3.64. The van der Waals surface area contributed by atoms with Crippen molar-refractivity contribution < 1.29 is 0 Å². The molecule has 0 bridgehead atoms. The second-order valence-corrected chi connectivity index (χ2v) is 4.93. The Kier molecular flexibility index (Phi) is 11.0. The minimum atomic E-state index is 0.434. The first-order chi connectivity index (χ1) is 7.76. The smallest absolute Gasteiger partial charge is 0.00671 e. The molecule has 0 rings (SSSR count). The van der Waals surface area contributed by atoms with Gasteiger partial charge in [0.2, 0.25) is 0 Å². The van der Waals surface area contributed by atoms with Gasteiger partial charge in [-0.3, -0.25) is 0 Å². The second-order valence-electron chi connectivity index (χ2n) is 4.93. The highest BCUT2D eigenvalue weighted by Crippen LogP contribution is 2.20. The van der Waals surface area contributed by atoms with Gasteiger partial charge in [0, 0.05) is 6.04 Å². The zero-order chi connectivity index (χ0) is 12.2. The molecule has 0 radical (unpaired) electrons. The van der Waals surface area contributed by atoms with Crippen molar-refractivity contribution >= 4 is 0 Å². The molecule has 0 aliphatic carbocycles. The normalized spacial score (nSPS) is 13.0. The molecule has 0 aliphatic heterocycles. The van der Waals surface area contributed by atoms with Gasteiger partial charge in [-0.05, 0) is 38.0 Å². The van der Waals surface area contributed by atoms with Crippen molar-refractivity contribution in [1.29, 1.82) is 0 Å². The monoisotopic (exact) mass is 225 g/mol. The largest absolute Gasteiger partial charge is 0.327 e. The minimum Gasteiger partial charge on any atom is -0.327 e. The molecule has 1 atom stereocenters. The summed E-state index contributed by atoms with van der Waals surface area (Å²) in [6.45, 7) is 8.27. The van der Waals surface area contributed by atoms with Crippen LogP contribution < -0.4 is 5.73 Å². The lowest BCUT2D eigenvalue weighted by atomic mass is 9.88. The predicted molar refractivity (Wildman–Crippen MR) is 74.6 cm³/mol. The molecule has 0 heterocycles. The number of nitrogens with two attached hydrogens (primary N) is 1. The van der Waals surface area contributed by atoms with E-state index in [-0.39, 0.29) is 0 Å². The third kappa shape index (κ3) is 7.92. The van der Waals surface area contributed by atoms with Crippen molar-refractivity contribution in [2.75, 3.05) is 0 Å². The Labute approximate surface area is 102 Å². The highest BCUT2D eigenvalue weighted by Gasteiger charge is 2.15. The van der Waals surface area contributed by atoms with E-state index < -0.39 is 0 Å². The molecule has 1 unspecified atom stereocenters. The maximum absolute atomic E-state index is 6.28. The molecule has 1 nitrogen and oxygen atoms in total. The van der Waals surface area contributed by atoms with E-state index in [9.17, 15) is 0 Å². The number of hydrogen-bond acceptors (Lipinski definition) is 1. The summed E-state index contributed by atoms with van der Waals surface area (Å²) in [5.41, 5.74) is 6.28. The molecular formula is C15H31N. The van der Waals surface area contributed by atoms with E-state index in [1.807, 2.05) is 6.08 Å². The molecule has 16 heavy (non-hydrogen) atoms. The van der Waals surface area contributed by atoms with Gasteiger partial charge in [0.1, 0.15) is 0 Å². The highest BCUT2D eigenvalue weighted by atomic mass is 14.6. The minimum absolute atomic E-state index is 0.434. The molecule has 0 aliphatic rings. The molecule has 0 amide bonds. The van der Waals surface area contributed by atoms with Crippen LogP contribution in [0.25, 0.3) is 0 Å². The van der Waals surface area contributed by atoms with Crippen LogP contribution in [0.3, 0.4) is 0 Å². The maximum Gasteiger partial charge on any atom is 0.00671 e. The molecule has 96 valence electrons. The van der Waals surface area contributed by atoms with Crippen LogP contribution in [0, 0.1) is 5.92 Å². The van der Waals surface area contributed by atoms with Crippen LogP contribution in [0.15, 0.2) is 12.7 Å². The van der Waals surface area contributed by atoms with Gasteiger partial charge in [-0.1, -0.05) is 45.6 Å². The quantitative estimate of drug-likeness (QED) is 0.401. The van der Waals surface area contributed by atoms with E-state index >= 15 is 0 Å². The molecule has 0 spiro atoms. The molecular weight excluding hydrogens is 194 g/mol. The fourth-order valence-electron chi connectivity index (χ4n) is 2.40. The van der Waals surface area contributed by atoms with Gasteiger partial charge in [0.05, 0.1) is 0 Å². The summed E-state index contributed by atoms with van der Waals surface area (Å²) in [5.74, 6) is 0.759. The molecule has 0 aromatic heterocycles. The molecule has 0 saturated carbocycles. The van der Waals surface area contributed by atoms with Gasteiger partial charge < -0.3 is 5.73 Å². The molecule has 0 saturated heterocycles. The first kappa shape index (κ1) is 15.7. The zero-order valence-electron chi connectivity index (χ0n) is 11.4. The first-order valence-electron chi connectivity index (χ1n) is 7.12. The lowest BCUT2D eigenvalue weighted by Gasteiger charge is -2.23. The standard InChI is InChI=1S/C15H31N/c1-4-7-8-9-10-13-15(16)14(11-5-2)12-6-3/h4,14-15H,1,5-13,16H2,2-3H3. The summed E-state index contributed by atoms with van der Waals surface area (Å²) in [5, 5.41) is 0. The van der Waals surface area contributed by atoms with Crippen LogP contribution in [-0.4, -0.2) is 6.04 Å². The Morgan fingerprint density at radius 1 is 1.00 bits per heavy atom. The SMILES string of the molecule is C=CCCCCCC(N)C(CCC)CCC. The van der Waals surface area contributed by atoms with E-state index in [2.05, 4.69) is 20.4 Å². The summed E-state index contributed by atoms with van der Waals surface area (Å²) in [6, 6.07) is 0.434. The first-order valence-corrected chi connectivity index (χ1v) is 7.12. The van der Waals surface area contributed by atoms with Crippen molar-refractivity contribution in [3.63, 3.8) is 0 Å². The molecule has 2 N–H and O–H groups in total. The van der Waals surface area contributed by atoms with Gasteiger partial charge in [-0.15, -0.1) is 6.58 Å². The Bertz CT molecular complexity index is 148. The Morgan fingerprint density at radius 2 is 1.62 bits per heavy atom. The van der Waals surface area contributed by atoms with Crippen molar-refractivity contribution in [3.05, 3.63) is 12.7 Å². The predicted octanol–water partition coefficient (Wildman–Crippen LogP) is 4.67. The third-order valence-electron chi connectivity index (χ3n) is 3.37. The van der Waals surface area contributed by atoms with Crippen LogP contribution in [0.5, 0.6) is 0 Å². The van der Waals surface area contributed by atoms with E-state index in [0.29, 0.717) is 6.04 Å². The highest BCUT2D eigenvalue weighted by molar-refractivity contribution is 4.73. The van der Waals surface area contributed by atoms with Crippen molar-refractivity contribution in [2.45, 2.75) is 77.7 Å². The maximum atomic E-state index is 6.28. The van der Waals surface area contributed by atoms with Crippen molar-refractivity contribution in [1.82, 2.24) is 0 Å². The van der Waals surface area contributed by atoms with Crippen molar-refractivity contribution in [2.24, 2.45) is 11.7 Å². The summed E-state index contributed by atoms with van der Waals surface area (Å²) < 4.78 is 0. The molecule has 0 aromatic carbocycles. The number of hydrogen-bond donors (Lipinski definition) is 1. The second kappa shape index (κ2) is 11.2. The van der Waals surface area contributed by atoms with Gasteiger partial charge in [-0.25, -0.2) is 0 Å². The number of unbranched alkanes of at least 4 members (excludes halogenated alkanes) is 3. The van der Waals surface area contributed by atoms with Crippen LogP contribution in [-0.2, 0) is 0 Å². The van der Waals surface area contributed by atoms with Crippen LogP contribution in [0.4, 0.5) is 0 Å². The van der Waals surface area contributed by atoms with E-state index in [0.717, 1.165) is 12.3 Å². The van der Waals surface area contributed by atoms with E-state index in [4.69, 9.17) is 5.73 Å². The molecule has 1 heteroatoms. The topological polar surface area (TPSA) is 26.0 Å². The molecule has 0 fully saturated rings. The van der Waals surface area contributed by atoms with E-state index in [1.165, 1.54) is 51.4 Å². The van der Waals surface area contributed by atoms with Gasteiger partial charge in [0.25, 0.3) is 0 Å². The zero-order valence-corrected chi connectivity index (χ0v) is 11.4. The Morgan fingerprint density at radius 3 is 2.12 bits per heavy atom. The van der Waals surface area contributed by atoms with E-state index in [1.54, 1.807) is 0 Å². The Hall–Kier alpha value is -0.300. The van der Waals surface area contributed by atoms with Gasteiger partial charge in [0.15, 0.2) is 0 Å². The summed E-state index contributed by atoms with van der Waals surface area (Å²) in [6.07, 6.45) is 13.4. The summed E-state index contributed by atoms with van der Waals surface area (Å²) in [7, 11) is 0. The van der Waals surface area contributed by atoms with Crippen LogP contribution in [0.1, 0.15) is 71.6 Å². The van der Waals surface area contributed by atoms with Crippen LogP contribution >= 0.6 is 0 Å². The average Bonchev–Trinajstić information content (AvgIpc) is 2.28. The average molecular weight is 225 g/mol. The lowest BCUT2D eigenvalue weighted by molar-refractivity contribution is 0.339. The van der Waals surface area contributed by atoms with Crippen molar-refractivity contribution in [3.8, 4) is 0 Å². The number of rotatable bonds is 11.